The van der Waals surface area contributed by atoms with Crippen molar-refractivity contribution in [1.29, 1.82) is 0 Å². The van der Waals surface area contributed by atoms with Gasteiger partial charge in [-0.1, -0.05) is 57.5 Å². The largest absolute Gasteiger partial charge is 0.336 e. The van der Waals surface area contributed by atoms with Crippen molar-refractivity contribution >= 4 is 17.5 Å². The molecular formula is C34H38ClN5O2. The molecule has 218 valence electrons. The quantitative estimate of drug-likeness (QED) is 0.276. The van der Waals surface area contributed by atoms with Gasteiger partial charge in [-0.3, -0.25) is 14.2 Å². The molecule has 0 unspecified atom stereocenters. The van der Waals surface area contributed by atoms with Crippen molar-refractivity contribution in [2.45, 2.75) is 47.0 Å². The maximum atomic E-state index is 14.7. The molecule has 0 aliphatic carbocycles. The van der Waals surface area contributed by atoms with Crippen LogP contribution >= 0.6 is 11.6 Å². The second-order valence-electron chi connectivity index (χ2n) is 11.1. The molecule has 5 rings (SSSR count). The number of aryl methyl sites for hydroxylation is 2. The fourth-order valence-corrected chi connectivity index (χ4v) is 5.76. The molecule has 3 heterocycles. The molecule has 2 aromatic carbocycles. The van der Waals surface area contributed by atoms with Crippen LogP contribution in [0, 0.1) is 5.92 Å². The van der Waals surface area contributed by atoms with Crippen LogP contribution in [-0.2, 0) is 19.3 Å². The highest BCUT2D eigenvalue weighted by Gasteiger charge is 2.28. The number of piperazine rings is 1. The van der Waals surface area contributed by atoms with Crippen LogP contribution < -0.4 is 10.9 Å². The van der Waals surface area contributed by atoms with Crippen LogP contribution in [0.2, 0.25) is 5.02 Å². The zero-order chi connectivity index (χ0) is 29.8. The first-order valence-electron chi connectivity index (χ1n) is 14.8. The molecule has 0 saturated carbocycles. The summed E-state index contributed by atoms with van der Waals surface area (Å²) in [6.07, 6.45) is 3.77. The Labute approximate surface area is 252 Å². The Kier molecular flexibility index (Phi) is 9.19. The molecule has 8 heteroatoms. The number of rotatable bonds is 8. The Morgan fingerprint density at radius 2 is 1.67 bits per heavy atom. The van der Waals surface area contributed by atoms with E-state index in [1.165, 1.54) is 0 Å². The number of carbonyl (C=O) groups is 1. The summed E-state index contributed by atoms with van der Waals surface area (Å²) < 4.78 is 1.83. The van der Waals surface area contributed by atoms with Gasteiger partial charge in [0, 0.05) is 48.7 Å². The van der Waals surface area contributed by atoms with Gasteiger partial charge in [-0.15, -0.1) is 0 Å². The predicted octanol–water partition coefficient (Wildman–Crippen LogP) is 5.98. The molecule has 2 aromatic heterocycles. The Bertz CT molecular complexity index is 1620. The van der Waals surface area contributed by atoms with E-state index in [0.717, 1.165) is 54.0 Å². The Morgan fingerprint density at radius 3 is 2.29 bits per heavy atom. The predicted molar refractivity (Wildman–Crippen MR) is 170 cm³/mol. The number of pyridine rings is 1. The van der Waals surface area contributed by atoms with Crippen molar-refractivity contribution < 1.29 is 4.79 Å². The van der Waals surface area contributed by atoms with Crippen LogP contribution in [0.5, 0.6) is 0 Å². The first-order valence-corrected chi connectivity index (χ1v) is 15.2. The van der Waals surface area contributed by atoms with Gasteiger partial charge in [0.25, 0.3) is 11.5 Å². The molecule has 1 aliphatic heterocycles. The SMILES string of the molecule is CCc1cccc(CC)c1-n1c(CC(C)C)c(C(=O)N2CCNCC2)cc(-c2ccnc(-c3ccc(Cl)cc3)n2)c1=O. The van der Waals surface area contributed by atoms with E-state index in [9.17, 15) is 9.59 Å². The van der Waals surface area contributed by atoms with Gasteiger partial charge in [-0.05, 0) is 72.7 Å². The number of hydrogen-bond donors (Lipinski definition) is 1. The molecule has 1 saturated heterocycles. The van der Waals surface area contributed by atoms with Crippen molar-refractivity contribution in [3.05, 3.63) is 98.6 Å². The summed E-state index contributed by atoms with van der Waals surface area (Å²) in [5.41, 5.74) is 5.81. The molecule has 0 bridgehead atoms. The number of benzene rings is 2. The number of hydrogen-bond acceptors (Lipinski definition) is 5. The van der Waals surface area contributed by atoms with E-state index in [2.05, 4.69) is 50.1 Å². The number of para-hydroxylation sites is 1. The fraction of sp³-hybridized carbons (Fsp3) is 0.353. The van der Waals surface area contributed by atoms with Gasteiger partial charge in [-0.25, -0.2) is 9.97 Å². The molecule has 0 spiro atoms. The number of halogens is 1. The van der Waals surface area contributed by atoms with Crippen LogP contribution in [0.4, 0.5) is 0 Å². The van der Waals surface area contributed by atoms with Gasteiger partial charge in [-0.2, -0.15) is 0 Å². The summed E-state index contributed by atoms with van der Waals surface area (Å²) in [6.45, 7) is 11.2. The Balaban J connectivity index is 1.82. The van der Waals surface area contributed by atoms with Crippen LogP contribution in [0.15, 0.2) is 65.6 Å². The minimum Gasteiger partial charge on any atom is -0.336 e. The van der Waals surface area contributed by atoms with E-state index in [1.54, 1.807) is 30.5 Å². The maximum absolute atomic E-state index is 14.7. The first kappa shape index (κ1) is 29.7. The van der Waals surface area contributed by atoms with Crippen LogP contribution in [0.25, 0.3) is 28.3 Å². The van der Waals surface area contributed by atoms with Crippen molar-refractivity contribution in [2.24, 2.45) is 5.92 Å². The van der Waals surface area contributed by atoms with Gasteiger partial charge in [0.1, 0.15) is 0 Å². The molecule has 1 fully saturated rings. The highest BCUT2D eigenvalue weighted by atomic mass is 35.5. The van der Waals surface area contributed by atoms with Crippen LogP contribution in [-0.4, -0.2) is 51.5 Å². The standard InChI is InChI=1S/C34H38ClN5O2/c1-5-23-8-7-9-24(6-2)31(23)40-30(20-22(3)4)28(33(41)39-18-16-36-17-19-39)21-27(34(40)42)29-14-15-37-32(38-29)25-10-12-26(35)13-11-25/h7-15,21-22,36H,5-6,16-20H2,1-4H3. The van der Waals surface area contributed by atoms with E-state index in [4.69, 9.17) is 16.6 Å². The lowest BCUT2D eigenvalue weighted by molar-refractivity contribution is 0.0733. The smallest absolute Gasteiger partial charge is 0.264 e. The fourth-order valence-electron chi connectivity index (χ4n) is 5.63. The summed E-state index contributed by atoms with van der Waals surface area (Å²) in [4.78, 5) is 40.1. The minimum atomic E-state index is -0.182. The molecule has 4 aromatic rings. The summed E-state index contributed by atoms with van der Waals surface area (Å²) in [6, 6.07) is 17.0. The van der Waals surface area contributed by atoms with Crippen molar-refractivity contribution in [3.8, 4) is 28.3 Å². The number of nitrogens with zero attached hydrogens (tertiary/aromatic N) is 4. The average Bonchev–Trinajstić information content (AvgIpc) is 3.01. The number of amides is 1. The van der Waals surface area contributed by atoms with Gasteiger partial charge in [0.05, 0.1) is 22.5 Å². The van der Waals surface area contributed by atoms with Crippen molar-refractivity contribution in [2.75, 3.05) is 26.2 Å². The highest BCUT2D eigenvalue weighted by molar-refractivity contribution is 6.30. The van der Waals surface area contributed by atoms with Gasteiger partial charge in [0.2, 0.25) is 0 Å². The first-order chi connectivity index (χ1) is 20.3. The van der Waals surface area contributed by atoms with E-state index >= 15 is 0 Å². The third-order valence-electron chi connectivity index (χ3n) is 7.76. The second-order valence-corrected chi connectivity index (χ2v) is 11.5. The molecular weight excluding hydrogens is 546 g/mol. The summed E-state index contributed by atoms with van der Waals surface area (Å²) in [5.74, 6) is 0.659. The molecule has 1 N–H and O–H groups in total. The molecule has 0 radical (unpaired) electrons. The van der Waals surface area contributed by atoms with E-state index < -0.39 is 0 Å². The lowest BCUT2D eigenvalue weighted by Crippen LogP contribution is -2.47. The molecule has 7 nitrogen and oxygen atoms in total. The van der Waals surface area contributed by atoms with Crippen molar-refractivity contribution in [1.82, 2.24) is 24.8 Å². The summed E-state index contributed by atoms with van der Waals surface area (Å²) in [7, 11) is 0. The molecule has 42 heavy (non-hydrogen) atoms. The molecule has 1 amide bonds. The number of nitrogens with one attached hydrogen (secondary N) is 1. The maximum Gasteiger partial charge on any atom is 0.264 e. The van der Waals surface area contributed by atoms with Crippen LogP contribution in [0.1, 0.15) is 54.9 Å². The zero-order valence-corrected chi connectivity index (χ0v) is 25.5. The lowest BCUT2D eigenvalue weighted by atomic mass is 9.96. The van der Waals surface area contributed by atoms with Crippen LogP contribution in [0.3, 0.4) is 0 Å². The lowest BCUT2D eigenvalue weighted by Gasteiger charge is -2.30. The average molecular weight is 584 g/mol. The van der Waals surface area contributed by atoms with Gasteiger partial charge >= 0.3 is 0 Å². The Morgan fingerprint density at radius 1 is 1.00 bits per heavy atom. The summed E-state index contributed by atoms with van der Waals surface area (Å²) >= 11 is 6.11. The topological polar surface area (TPSA) is 80.1 Å². The zero-order valence-electron chi connectivity index (χ0n) is 24.8. The molecule has 1 aliphatic rings. The van der Waals surface area contributed by atoms with E-state index in [-0.39, 0.29) is 17.4 Å². The number of carbonyl (C=O) groups excluding carboxylic acids is 1. The van der Waals surface area contributed by atoms with Crippen molar-refractivity contribution in [3.63, 3.8) is 0 Å². The molecule has 0 atom stereocenters. The van der Waals surface area contributed by atoms with E-state index in [1.807, 2.05) is 27.7 Å². The number of aromatic nitrogens is 3. The normalized spacial score (nSPS) is 13.5. The third kappa shape index (κ3) is 6.03. The second kappa shape index (κ2) is 13.0. The summed E-state index contributed by atoms with van der Waals surface area (Å²) in [5, 5.41) is 3.95. The highest BCUT2D eigenvalue weighted by Crippen LogP contribution is 2.29. The minimum absolute atomic E-state index is 0.0545. The van der Waals surface area contributed by atoms with Gasteiger partial charge in [0.15, 0.2) is 5.82 Å². The third-order valence-corrected chi connectivity index (χ3v) is 8.01. The van der Waals surface area contributed by atoms with Gasteiger partial charge < -0.3 is 10.2 Å². The Hall–Kier alpha value is -3.81. The monoisotopic (exact) mass is 583 g/mol. The van der Waals surface area contributed by atoms with E-state index in [0.29, 0.717) is 47.2 Å².